The van der Waals surface area contributed by atoms with Crippen molar-refractivity contribution >= 4 is 17.5 Å². The van der Waals surface area contributed by atoms with Gasteiger partial charge in [-0.1, -0.05) is 0 Å². The van der Waals surface area contributed by atoms with E-state index in [0.29, 0.717) is 19.7 Å². The first-order chi connectivity index (χ1) is 10.0. The molecule has 1 rings (SSSR count). The molecule has 0 aliphatic carbocycles. The van der Waals surface area contributed by atoms with Crippen LogP contribution in [-0.2, 0) is 4.74 Å². The van der Waals surface area contributed by atoms with E-state index in [1.165, 1.54) is 7.11 Å². The topological polar surface area (TPSA) is 130 Å². The minimum absolute atomic E-state index is 0.213. The lowest BCUT2D eigenvalue weighted by Crippen LogP contribution is -2.29. The van der Waals surface area contributed by atoms with Crippen LogP contribution in [0, 0.1) is 21.4 Å². The lowest BCUT2D eigenvalue weighted by Gasteiger charge is -2.22. The van der Waals surface area contributed by atoms with Crippen molar-refractivity contribution in [2.75, 3.05) is 31.7 Å². The molecule has 0 fully saturated rings. The number of anilines is 1. The monoisotopic (exact) mass is 294 g/mol. The second kappa shape index (κ2) is 7.76. The maximum atomic E-state index is 11.1. The van der Waals surface area contributed by atoms with Gasteiger partial charge in [0, 0.05) is 26.3 Å². The highest BCUT2D eigenvalue weighted by Gasteiger charge is 2.22. The van der Waals surface area contributed by atoms with Crippen LogP contribution in [0.2, 0.25) is 0 Å². The van der Waals surface area contributed by atoms with Gasteiger partial charge < -0.3 is 14.7 Å². The van der Waals surface area contributed by atoms with Gasteiger partial charge in [0.1, 0.15) is 17.6 Å². The van der Waals surface area contributed by atoms with Crippen LogP contribution in [0.15, 0.2) is 12.3 Å². The first kappa shape index (κ1) is 16.3. The second-order valence-electron chi connectivity index (χ2n) is 4.01. The van der Waals surface area contributed by atoms with Gasteiger partial charge in [-0.2, -0.15) is 5.26 Å². The van der Waals surface area contributed by atoms with Crippen molar-refractivity contribution < 1.29 is 19.6 Å². The Morgan fingerprint density at radius 3 is 2.86 bits per heavy atom. The van der Waals surface area contributed by atoms with E-state index in [4.69, 9.17) is 15.1 Å². The van der Waals surface area contributed by atoms with Crippen LogP contribution in [0.4, 0.5) is 11.5 Å². The summed E-state index contributed by atoms with van der Waals surface area (Å²) in [6.07, 6.45) is 1.12. The summed E-state index contributed by atoms with van der Waals surface area (Å²) in [6.45, 7) is 1.07. The Kier molecular flexibility index (Phi) is 6.03. The molecule has 0 unspecified atom stereocenters. The zero-order valence-corrected chi connectivity index (χ0v) is 11.4. The number of methoxy groups -OCH3 is 1. The Morgan fingerprint density at radius 2 is 2.33 bits per heavy atom. The maximum Gasteiger partial charge on any atom is 0.342 e. The van der Waals surface area contributed by atoms with Crippen LogP contribution in [0.3, 0.4) is 0 Å². The largest absolute Gasteiger partial charge is 0.477 e. The van der Waals surface area contributed by atoms with Crippen LogP contribution in [0.1, 0.15) is 16.8 Å². The van der Waals surface area contributed by atoms with Crippen molar-refractivity contribution in [3.63, 3.8) is 0 Å². The molecule has 1 heterocycles. The molecule has 21 heavy (non-hydrogen) atoms. The van der Waals surface area contributed by atoms with E-state index >= 15 is 0 Å². The van der Waals surface area contributed by atoms with Crippen molar-refractivity contribution in [3.05, 3.63) is 27.9 Å². The molecule has 1 aromatic rings. The van der Waals surface area contributed by atoms with Crippen molar-refractivity contribution in [1.82, 2.24) is 4.98 Å². The van der Waals surface area contributed by atoms with Gasteiger partial charge in [-0.15, -0.1) is 0 Å². The number of rotatable bonds is 8. The molecule has 0 atom stereocenters. The number of carboxylic acid groups (broad SMARTS) is 1. The SMILES string of the molecule is COCCN(CCC#N)c1cc(C(=O)O)c([N+](=O)[O-])cn1. The number of aromatic carboxylic acids is 1. The van der Waals surface area contributed by atoms with E-state index in [0.717, 1.165) is 12.3 Å². The summed E-state index contributed by atoms with van der Waals surface area (Å²) in [4.78, 5) is 26.6. The molecule has 0 amide bonds. The summed E-state index contributed by atoms with van der Waals surface area (Å²) in [6, 6.07) is 3.11. The number of ether oxygens (including phenoxy) is 1. The molecule has 0 saturated carbocycles. The van der Waals surface area contributed by atoms with E-state index < -0.39 is 22.1 Å². The van der Waals surface area contributed by atoms with E-state index in [-0.39, 0.29) is 12.2 Å². The summed E-state index contributed by atoms with van der Waals surface area (Å²) in [7, 11) is 1.51. The minimum atomic E-state index is -1.41. The fourth-order valence-corrected chi connectivity index (χ4v) is 1.65. The smallest absolute Gasteiger partial charge is 0.342 e. The van der Waals surface area contributed by atoms with Gasteiger partial charge in [-0.3, -0.25) is 10.1 Å². The van der Waals surface area contributed by atoms with Crippen LogP contribution in [0.25, 0.3) is 0 Å². The Morgan fingerprint density at radius 1 is 1.62 bits per heavy atom. The molecule has 9 heteroatoms. The normalized spacial score (nSPS) is 9.90. The lowest BCUT2D eigenvalue weighted by molar-refractivity contribution is -0.385. The highest BCUT2D eigenvalue weighted by atomic mass is 16.6. The van der Waals surface area contributed by atoms with E-state index in [1.54, 1.807) is 4.90 Å². The number of aromatic nitrogens is 1. The number of hydrogen-bond donors (Lipinski definition) is 1. The molecule has 0 bridgehead atoms. The first-order valence-electron chi connectivity index (χ1n) is 5.99. The Hall–Kier alpha value is -2.73. The molecule has 0 spiro atoms. The average molecular weight is 294 g/mol. The second-order valence-corrected chi connectivity index (χ2v) is 4.01. The number of pyridine rings is 1. The third-order valence-corrected chi connectivity index (χ3v) is 2.68. The van der Waals surface area contributed by atoms with Crippen molar-refractivity contribution in [2.24, 2.45) is 0 Å². The zero-order valence-electron chi connectivity index (χ0n) is 11.4. The summed E-state index contributed by atoms with van der Waals surface area (Å²) in [5.41, 5.74) is -1.01. The Balaban J connectivity index is 3.13. The minimum Gasteiger partial charge on any atom is -0.477 e. The molecule has 112 valence electrons. The fourth-order valence-electron chi connectivity index (χ4n) is 1.65. The zero-order chi connectivity index (χ0) is 15.8. The molecule has 1 aromatic heterocycles. The highest BCUT2D eigenvalue weighted by Crippen LogP contribution is 2.22. The van der Waals surface area contributed by atoms with Crippen LogP contribution in [0.5, 0.6) is 0 Å². The van der Waals surface area contributed by atoms with Gasteiger partial charge in [-0.25, -0.2) is 9.78 Å². The van der Waals surface area contributed by atoms with Gasteiger partial charge in [-0.05, 0) is 0 Å². The van der Waals surface area contributed by atoms with E-state index in [9.17, 15) is 14.9 Å². The van der Waals surface area contributed by atoms with E-state index in [1.807, 2.05) is 6.07 Å². The summed E-state index contributed by atoms with van der Waals surface area (Å²) in [5.74, 6) is -1.15. The van der Waals surface area contributed by atoms with Crippen molar-refractivity contribution in [2.45, 2.75) is 6.42 Å². The standard InChI is InChI=1S/C12H14N4O5/c1-21-6-5-15(4-2-3-13)11-7-9(12(17)18)10(8-14-11)16(19)20/h7-8H,2,4-6H2,1H3,(H,17,18). The molecule has 0 aliphatic rings. The molecular formula is C12H14N4O5. The summed E-state index contributed by atoms with van der Waals surface area (Å²) in [5, 5.41) is 28.5. The summed E-state index contributed by atoms with van der Waals surface area (Å²) < 4.78 is 4.94. The number of nitriles is 1. The predicted octanol–water partition coefficient (Wildman–Crippen LogP) is 1.05. The summed E-state index contributed by atoms with van der Waals surface area (Å²) >= 11 is 0. The Bertz CT molecular complexity index is 569. The number of hydrogen-bond acceptors (Lipinski definition) is 7. The van der Waals surface area contributed by atoms with Gasteiger partial charge in [0.25, 0.3) is 0 Å². The molecule has 9 nitrogen and oxygen atoms in total. The highest BCUT2D eigenvalue weighted by molar-refractivity contribution is 5.93. The van der Waals surface area contributed by atoms with E-state index in [2.05, 4.69) is 4.98 Å². The van der Waals surface area contributed by atoms with Crippen LogP contribution in [-0.4, -0.2) is 47.8 Å². The van der Waals surface area contributed by atoms with Gasteiger partial charge in [0.2, 0.25) is 0 Å². The van der Waals surface area contributed by atoms with Crippen LogP contribution < -0.4 is 4.90 Å². The molecule has 0 aromatic carbocycles. The molecule has 1 N–H and O–H groups in total. The third kappa shape index (κ3) is 4.39. The van der Waals surface area contributed by atoms with Gasteiger partial charge in [0.05, 0.1) is 24.0 Å². The molecular weight excluding hydrogens is 280 g/mol. The fraction of sp³-hybridized carbons (Fsp3) is 0.417. The van der Waals surface area contributed by atoms with Crippen LogP contribution >= 0.6 is 0 Å². The van der Waals surface area contributed by atoms with Gasteiger partial charge in [0.15, 0.2) is 0 Å². The number of nitrogens with zero attached hydrogens (tertiary/aromatic N) is 4. The Labute approximate surface area is 120 Å². The first-order valence-corrected chi connectivity index (χ1v) is 5.99. The molecule has 0 aliphatic heterocycles. The molecule has 0 radical (unpaired) electrons. The predicted molar refractivity (Wildman–Crippen MR) is 72.2 cm³/mol. The average Bonchev–Trinajstić information content (AvgIpc) is 2.46. The van der Waals surface area contributed by atoms with Gasteiger partial charge >= 0.3 is 11.7 Å². The van der Waals surface area contributed by atoms with Crippen molar-refractivity contribution in [1.29, 1.82) is 5.26 Å². The van der Waals surface area contributed by atoms with Crippen molar-refractivity contribution in [3.8, 4) is 6.07 Å². The number of nitro groups is 1. The molecule has 0 saturated heterocycles. The quantitative estimate of drug-likeness (QED) is 0.556. The maximum absolute atomic E-state index is 11.1. The third-order valence-electron chi connectivity index (χ3n) is 2.68. The number of carboxylic acids is 1. The lowest BCUT2D eigenvalue weighted by atomic mass is 10.2. The number of carbonyl (C=O) groups is 1.